The molecule has 1 aromatic carbocycles. The minimum atomic E-state index is -0.924. The first-order valence-corrected chi connectivity index (χ1v) is 7.95. The van der Waals surface area contributed by atoms with Gasteiger partial charge in [-0.25, -0.2) is 4.79 Å². The zero-order chi connectivity index (χ0) is 15.1. The second-order valence-corrected chi connectivity index (χ2v) is 6.05. The van der Waals surface area contributed by atoms with E-state index >= 15 is 0 Å². The minimum Gasteiger partial charge on any atom is -0.465 e. The average Bonchev–Trinajstić information content (AvgIpc) is 2.47. The Kier molecular flexibility index (Phi) is 6.33. The maximum absolute atomic E-state index is 10.4. The molecule has 1 amide bonds. The molecule has 1 heterocycles. The monoisotopic (exact) mass is 310 g/mol. The molecule has 5 heteroatoms. The number of hydrogen-bond donors (Lipinski definition) is 2. The number of halogens is 1. The molecule has 1 saturated heterocycles. The fraction of sp³-hybridized carbons (Fsp3) is 0.562. The molecule has 1 aromatic rings. The van der Waals surface area contributed by atoms with Crippen molar-refractivity contribution in [3.05, 3.63) is 34.9 Å². The Labute approximate surface area is 131 Å². The van der Waals surface area contributed by atoms with E-state index in [1.165, 1.54) is 5.56 Å². The SMILES string of the molecule is O=C(O)NCCC1CCN(CCc2ccccc2Cl)CC1. The molecule has 2 rings (SSSR count). The molecule has 0 spiro atoms. The van der Waals surface area contributed by atoms with E-state index in [0.717, 1.165) is 50.3 Å². The van der Waals surface area contributed by atoms with Crippen molar-refractivity contribution in [2.24, 2.45) is 5.92 Å². The molecule has 1 aliphatic rings. The fourth-order valence-electron chi connectivity index (χ4n) is 2.86. The van der Waals surface area contributed by atoms with Gasteiger partial charge >= 0.3 is 6.09 Å². The first kappa shape index (κ1) is 16.1. The zero-order valence-corrected chi connectivity index (χ0v) is 13.0. The van der Waals surface area contributed by atoms with Crippen LogP contribution in [0, 0.1) is 5.92 Å². The van der Waals surface area contributed by atoms with Gasteiger partial charge in [0.2, 0.25) is 0 Å². The number of rotatable bonds is 6. The fourth-order valence-corrected chi connectivity index (χ4v) is 3.09. The summed E-state index contributed by atoms with van der Waals surface area (Å²) >= 11 is 6.17. The predicted molar refractivity (Wildman–Crippen MR) is 85.0 cm³/mol. The smallest absolute Gasteiger partial charge is 0.404 e. The summed E-state index contributed by atoms with van der Waals surface area (Å²) in [6.45, 7) is 3.81. The molecule has 4 nitrogen and oxygen atoms in total. The summed E-state index contributed by atoms with van der Waals surface area (Å²) in [6.07, 6.45) is 3.33. The summed E-state index contributed by atoms with van der Waals surface area (Å²) < 4.78 is 0. The van der Waals surface area contributed by atoms with Crippen molar-refractivity contribution < 1.29 is 9.90 Å². The Morgan fingerprint density at radius 3 is 2.71 bits per heavy atom. The van der Waals surface area contributed by atoms with E-state index in [-0.39, 0.29) is 0 Å². The molecule has 1 fully saturated rings. The maximum atomic E-state index is 10.4. The summed E-state index contributed by atoms with van der Waals surface area (Å²) in [7, 11) is 0. The van der Waals surface area contributed by atoms with Gasteiger partial charge in [0.1, 0.15) is 0 Å². The van der Waals surface area contributed by atoms with Crippen LogP contribution in [-0.4, -0.2) is 42.3 Å². The van der Waals surface area contributed by atoms with Crippen LogP contribution in [0.25, 0.3) is 0 Å². The number of carboxylic acid groups (broad SMARTS) is 1. The number of hydrogen-bond acceptors (Lipinski definition) is 2. The Morgan fingerprint density at radius 2 is 2.05 bits per heavy atom. The zero-order valence-electron chi connectivity index (χ0n) is 12.2. The number of benzene rings is 1. The molecule has 0 aliphatic carbocycles. The highest BCUT2D eigenvalue weighted by Crippen LogP contribution is 2.21. The summed E-state index contributed by atoms with van der Waals surface area (Å²) in [6, 6.07) is 8.02. The first-order chi connectivity index (χ1) is 10.1. The quantitative estimate of drug-likeness (QED) is 0.848. The third kappa shape index (κ3) is 5.56. The van der Waals surface area contributed by atoms with Gasteiger partial charge in [-0.3, -0.25) is 0 Å². The topological polar surface area (TPSA) is 52.6 Å². The van der Waals surface area contributed by atoms with Gasteiger partial charge in [0.15, 0.2) is 0 Å². The number of nitrogens with zero attached hydrogens (tertiary/aromatic N) is 1. The van der Waals surface area contributed by atoms with Crippen molar-refractivity contribution in [2.45, 2.75) is 25.7 Å². The van der Waals surface area contributed by atoms with E-state index in [1.54, 1.807) is 0 Å². The van der Waals surface area contributed by atoms with Gasteiger partial charge in [0, 0.05) is 18.1 Å². The van der Waals surface area contributed by atoms with Crippen LogP contribution in [0.5, 0.6) is 0 Å². The van der Waals surface area contributed by atoms with Crippen molar-refractivity contribution in [3.63, 3.8) is 0 Å². The largest absolute Gasteiger partial charge is 0.465 e. The summed E-state index contributed by atoms with van der Waals surface area (Å²) in [5.74, 6) is 0.647. The Morgan fingerprint density at radius 1 is 1.33 bits per heavy atom. The number of piperidine rings is 1. The van der Waals surface area contributed by atoms with Gasteiger partial charge in [0.05, 0.1) is 0 Å². The minimum absolute atomic E-state index is 0.569. The van der Waals surface area contributed by atoms with Crippen LogP contribution in [0.4, 0.5) is 4.79 Å². The van der Waals surface area contributed by atoms with Crippen LogP contribution < -0.4 is 5.32 Å². The van der Waals surface area contributed by atoms with E-state index < -0.39 is 6.09 Å². The van der Waals surface area contributed by atoms with E-state index in [0.29, 0.717) is 12.5 Å². The first-order valence-electron chi connectivity index (χ1n) is 7.57. The number of nitrogens with one attached hydrogen (secondary N) is 1. The maximum Gasteiger partial charge on any atom is 0.404 e. The standard InChI is InChI=1S/C16H23ClN2O2/c17-15-4-2-1-3-14(15)8-12-19-10-6-13(7-11-19)5-9-18-16(20)21/h1-4,13,18H,5-12H2,(H,20,21). The Bertz CT molecular complexity index is 459. The van der Waals surface area contributed by atoms with Crippen LogP contribution in [-0.2, 0) is 6.42 Å². The predicted octanol–water partition coefficient (Wildman–Crippen LogP) is 3.25. The summed E-state index contributed by atoms with van der Waals surface area (Å²) in [4.78, 5) is 12.9. The number of carbonyl (C=O) groups is 1. The van der Waals surface area contributed by atoms with Crippen LogP contribution in [0.15, 0.2) is 24.3 Å². The Hall–Kier alpha value is -1.26. The van der Waals surface area contributed by atoms with Crippen molar-refractivity contribution in [1.82, 2.24) is 10.2 Å². The van der Waals surface area contributed by atoms with Crippen LogP contribution in [0.1, 0.15) is 24.8 Å². The summed E-state index contributed by atoms with van der Waals surface area (Å²) in [5, 5.41) is 11.9. The highest BCUT2D eigenvalue weighted by atomic mass is 35.5. The van der Waals surface area contributed by atoms with Gasteiger partial charge in [-0.1, -0.05) is 29.8 Å². The van der Waals surface area contributed by atoms with Crippen LogP contribution >= 0.6 is 11.6 Å². The molecule has 0 saturated carbocycles. The van der Waals surface area contributed by atoms with E-state index in [1.807, 2.05) is 18.2 Å². The second kappa shape index (κ2) is 8.25. The van der Waals surface area contributed by atoms with Gasteiger partial charge in [-0.15, -0.1) is 0 Å². The molecule has 1 aliphatic heterocycles. The Balaban J connectivity index is 1.65. The molecule has 0 atom stereocenters. The third-order valence-corrected chi connectivity index (χ3v) is 4.56. The molecule has 0 unspecified atom stereocenters. The number of likely N-dealkylation sites (tertiary alicyclic amines) is 1. The lowest BCUT2D eigenvalue weighted by atomic mass is 9.93. The van der Waals surface area contributed by atoms with E-state index in [4.69, 9.17) is 16.7 Å². The van der Waals surface area contributed by atoms with Crippen molar-refractivity contribution >= 4 is 17.7 Å². The average molecular weight is 311 g/mol. The van der Waals surface area contributed by atoms with E-state index in [9.17, 15) is 4.79 Å². The van der Waals surface area contributed by atoms with Crippen LogP contribution in [0.2, 0.25) is 5.02 Å². The molecule has 0 bridgehead atoms. The van der Waals surface area contributed by atoms with Gasteiger partial charge in [0.25, 0.3) is 0 Å². The van der Waals surface area contributed by atoms with E-state index in [2.05, 4.69) is 16.3 Å². The van der Waals surface area contributed by atoms with Gasteiger partial charge < -0.3 is 15.3 Å². The lowest BCUT2D eigenvalue weighted by molar-refractivity contribution is 0.175. The summed E-state index contributed by atoms with van der Waals surface area (Å²) in [5.41, 5.74) is 1.21. The molecule has 21 heavy (non-hydrogen) atoms. The molecule has 2 N–H and O–H groups in total. The normalized spacial score (nSPS) is 16.8. The molecular formula is C16H23ClN2O2. The third-order valence-electron chi connectivity index (χ3n) is 4.19. The van der Waals surface area contributed by atoms with Crippen molar-refractivity contribution in [1.29, 1.82) is 0 Å². The molecule has 116 valence electrons. The van der Waals surface area contributed by atoms with Crippen LogP contribution in [0.3, 0.4) is 0 Å². The lowest BCUT2D eigenvalue weighted by Gasteiger charge is -2.32. The molecule has 0 radical (unpaired) electrons. The highest BCUT2D eigenvalue weighted by Gasteiger charge is 2.18. The molecular weight excluding hydrogens is 288 g/mol. The highest BCUT2D eigenvalue weighted by molar-refractivity contribution is 6.31. The molecule has 0 aromatic heterocycles. The van der Waals surface area contributed by atoms with Crippen molar-refractivity contribution in [3.8, 4) is 0 Å². The van der Waals surface area contributed by atoms with Gasteiger partial charge in [-0.2, -0.15) is 0 Å². The van der Waals surface area contributed by atoms with Gasteiger partial charge in [-0.05, 0) is 56.3 Å². The van der Waals surface area contributed by atoms with Crippen molar-refractivity contribution in [2.75, 3.05) is 26.2 Å². The second-order valence-electron chi connectivity index (χ2n) is 5.65. The lowest BCUT2D eigenvalue weighted by Crippen LogP contribution is -2.36. The number of amides is 1.